The van der Waals surface area contributed by atoms with Crippen molar-refractivity contribution in [1.82, 2.24) is 9.97 Å². The van der Waals surface area contributed by atoms with Crippen LogP contribution in [-0.4, -0.2) is 29.7 Å². The number of carbonyl (C=O) groups excluding carboxylic acids is 1. The van der Waals surface area contributed by atoms with Gasteiger partial charge in [-0.25, -0.2) is 9.78 Å². The number of rotatable bonds is 9. The number of benzene rings is 2. The summed E-state index contributed by atoms with van der Waals surface area (Å²) in [5.41, 5.74) is 5.21. The van der Waals surface area contributed by atoms with Crippen LogP contribution >= 0.6 is 0 Å². The number of hydrogen-bond acceptors (Lipinski definition) is 4. The van der Waals surface area contributed by atoms with Gasteiger partial charge in [0.15, 0.2) is 0 Å². The molecule has 0 fully saturated rings. The fourth-order valence-electron chi connectivity index (χ4n) is 4.78. The Kier molecular flexibility index (Phi) is 8.90. The number of terminal acetylenes is 1. The van der Waals surface area contributed by atoms with Gasteiger partial charge >= 0.3 is 6.03 Å². The van der Waals surface area contributed by atoms with E-state index in [0.717, 1.165) is 39.1 Å². The Morgan fingerprint density at radius 3 is 2.42 bits per heavy atom. The van der Waals surface area contributed by atoms with E-state index >= 15 is 0 Å². The van der Waals surface area contributed by atoms with Crippen LogP contribution in [0.1, 0.15) is 63.5 Å². The third-order valence-corrected chi connectivity index (χ3v) is 6.91. The lowest BCUT2D eigenvalue weighted by atomic mass is 9.88. The molecule has 7 nitrogen and oxygen atoms in total. The maximum absolute atomic E-state index is 14.0. The lowest BCUT2D eigenvalue weighted by molar-refractivity contribution is 0.256. The first-order valence-electron chi connectivity index (χ1n) is 13.6. The molecule has 4 rings (SSSR count). The number of fused-ring (bicyclic) bond motifs is 1. The van der Waals surface area contributed by atoms with Crippen LogP contribution in [0, 0.1) is 12.3 Å². The van der Waals surface area contributed by atoms with Crippen LogP contribution in [0.5, 0.6) is 5.75 Å². The number of methoxy groups -OCH3 is 1. The highest BCUT2D eigenvalue weighted by atomic mass is 16.5. The summed E-state index contributed by atoms with van der Waals surface area (Å²) < 4.78 is 5.45. The number of carbonyl (C=O) groups is 1. The number of nitrogens with zero attached hydrogens (tertiary/aromatic N) is 2. The number of unbranched alkanes of at least 4 members (excludes halogenated alkanes) is 1. The highest BCUT2D eigenvalue weighted by Gasteiger charge is 2.24. The van der Waals surface area contributed by atoms with Crippen LogP contribution in [-0.2, 0) is 0 Å². The second-order valence-corrected chi connectivity index (χ2v) is 10.4. The van der Waals surface area contributed by atoms with Crippen LogP contribution in [0.4, 0.5) is 16.2 Å². The number of ether oxygens (including phenoxy) is 1. The van der Waals surface area contributed by atoms with Crippen molar-refractivity contribution in [2.75, 3.05) is 23.9 Å². The van der Waals surface area contributed by atoms with Crippen molar-refractivity contribution < 1.29 is 9.53 Å². The summed E-state index contributed by atoms with van der Waals surface area (Å²) in [5.74, 6) is 3.66. The van der Waals surface area contributed by atoms with E-state index in [1.807, 2.05) is 24.3 Å². The van der Waals surface area contributed by atoms with Crippen molar-refractivity contribution in [3.8, 4) is 29.2 Å². The Morgan fingerprint density at radius 1 is 1.05 bits per heavy atom. The fraction of sp³-hybridized carbons (Fsp3) is 0.303. The van der Waals surface area contributed by atoms with Gasteiger partial charge in [-0.15, -0.1) is 12.3 Å². The van der Waals surface area contributed by atoms with Gasteiger partial charge in [-0.1, -0.05) is 39.8 Å². The molecule has 2 N–H and O–H groups in total. The smallest absolute Gasteiger partial charge is 0.326 e. The minimum absolute atomic E-state index is 0.128. The lowest BCUT2D eigenvalue weighted by Crippen LogP contribution is -2.39. The van der Waals surface area contributed by atoms with Crippen LogP contribution in [0.25, 0.3) is 22.2 Å². The van der Waals surface area contributed by atoms with E-state index in [-0.39, 0.29) is 29.1 Å². The molecule has 0 atom stereocenters. The topological polar surface area (TPSA) is 87.3 Å². The predicted molar refractivity (Wildman–Crippen MR) is 163 cm³/mol. The third-order valence-electron chi connectivity index (χ3n) is 6.91. The molecule has 0 radical (unpaired) electrons. The van der Waals surface area contributed by atoms with Gasteiger partial charge in [0.25, 0.3) is 5.56 Å². The maximum atomic E-state index is 14.0. The molecule has 7 heteroatoms. The number of hydrogen-bond donors (Lipinski definition) is 2. The van der Waals surface area contributed by atoms with E-state index in [1.54, 1.807) is 25.4 Å². The third kappa shape index (κ3) is 6.18. The molecule has 4 aromatic rings. The van der Waals surface area contributed by atoms with Crippen molar-refractivity contribution in [1.29, 1.82) is 0 Å². The number of H-pyrrole nitrogens is 1. The lowest BCUT2D eigenvalue weighted by Gasteiger charge is -2.26. The molecule has 2 aromatic carbocycles. The summed E-state index contributed by atoms with van der Waals surface area (Å²) in [6.45, 7) is 8.72. The summed E-state index contributed by atoms with van der Waals surface area (Å²) in [6, 6.07) is 17.2. The number of aromatic nitrogens is 2. The van der Waals surface area contributed by atoms with E-state index < -0.39 is 0 Å². The monoisotopic (exact) mass is 536 g/mol. The van der Waals surface area contributed by atoms with Crippen LogP contribution in [0.15, 0.2) is 65.6 Å². The average molecular weight is 537 g/mol. The van der Waals surface area contributed by atoms with Gasteiger partial charge in [-0.05, 0) is 83.0 Å². The summed E-state index contributed by atoms with van der Waals surface area (Å²) >= 11 is 0. The van der Waals surface area contributed by atoms with Crippen LogP contribution in [0.3, 0.4) is 0 Å². The second kappa shape index (κ2) is 12.5. The maximum Gasteiger partial charge on any atom is 0.326 e. The first-order valence-corrected chi connectivity index (χ1v) is 13.6. The highest BCUT2D eigenvalue weighted by molar-refractivity contribution is 6.03. The quantitative estimate of drug-likeness (QED) is 0.174. The minimum atomic E-state index is -0.386. The predicted octanol–water partition coefficient (Wildman–Crippen LogP) is 7.30. The fourth-order valence-corrected chi connectivity index (χ4v) is 4.78. The Bertz CT molecular complexity index is 1590. The van der Waals surface area contributed by atoms with E-state index in [4.69, 9.17) is 11.2 Å². The van der Waals surface area contributed by atoms with Gasteiger partial charge < -0.3 is 15.0 Å². The number of pyridine rings is 2. The summed E-state index contributed by atoms with van der Waals surface area (Å²) in [4.78, 5) is 35.6. The Morgan fingerprint density at radius 2 is 1.77 bits per heavy atom. The first kappa shape index (κ1) is 28.4. The van der Waals surface area contributed by atoms with Crippen molar-refractivity contribution in [2.45, 2.75) is 52.4 Å². The van der Waals surface area contributed by atoms with Gasteiger partial charge in [-0.2, -0.15) is 0 Å². The molecule has 0 saturated carbocycles. The van der Waals surface area contributed by atoms with Crippen molar-refractivity contribution in [3.05, 3.63) is 82.3 Å². The molecule has 0 spiro atoms. The van der Waals surface area contributed by atoms with Crippen molar-refractivity contribution >= 4 is 28.4 Å². The zero-order valence-corrected chi connectivity index (χ0v) is 23.7. The molecule has 2 aromatic heterocycles. The molecule has 0 bridgehead atoms. The molecule has 0 aliphatic rings. The standard InChI is InChI=1S/C33H36N4O3/c1-7-8-9-16-37(29-20-24-13-11-15-34-31(24)36-32(29)38)33(39)35-30-27(21(2)3)18-25(19-28(30)22(4)5)23-12-10-14-26(17-23)40-6/h1,10-15,17-22H,8-9,16H2,2-6H3,(H,35,39)(H,34,36,38). The molecular formula is C33H36N4O3. The van der Waals surface area contributed by atoms with E-state index in [0.29, 0.717) is 25.0 Å². The highest BCUT2D eigenvalue weighted by Crippen LogP contribution is 2.38. The molecule has 206 valence electrons. The number of aromatic amines is 1. The van der Waals surface area contributed by atoms with Gasteiger partial charge in [0.1, 0.15) is 17.1 Å². The summed E-state index contributed by atoms with van der Waals surface area (Å²) in [7, 11) is 1.66. The van der Waals surface area contributed by atoms with Crippen molar-refractivity contribution in [2.24, 2.45) is 0 Å². The number of amides is 2. The molecule has 2 amide bonds. The Balaban J connectivity index is 1.80. The van der Waals surface area contributed by atoms with Crippen LogP contribution in [0.2, 0.25) is 0 Å². The van der Waals surface area contributed by atoms with E-state index in [2.05, 4.69) is 67.1 Å². The van der Waals surface area contributed by atoms with Gasteiger partial charge in [0.05, 0.1) is 7.11 Å². The number of urea groups is 1. The number of anilines is 2. The Labute approximate surface area is 235 Å². The molecule has 0 unspecified atom stereocenters. The average Bonchev–Trinajstić information content (AvgIpc) is 2.95. The van der Waals surface area contributed by atoms with Crippen molar-refractivity contribution in [3.63, 3.8) is 0 Å². The molecule has 2 heterocycles. The zero-order chi connectivity index (χ0) is 28.8. The normalized spacial score (nSPS) is 11.1. The van der Waals surface area contributed by atoms with Crippen LogP contribution < -0.4 is 20.5 Å². The largest absolute Gasteiger partial charge is 0.497 e. The second-order valence-electron chi connectivity index (χ2n) is 10.4. The molecule has 0 saturated heterocycles. The minimum Gasteiger partial charge on any atom is -0.497 e. The molecule has 0 aliphatic carbocycles. The molecular weight excluding hydrogens is 500 g/mol. The zero-order valence-electron chi connectivity index (χ0n) is 23.7. The number of nitrogens with one attached hydrogen (secondary N) is 2. The Hall–Kier alpha value is -4.57. The SMILES string of the molecule is C#CCCCN(C(=O)Nc1c(C(C)C)cc(-c2cccc(OC)c2)cc1C(C)C)c1cc2cccnc2[nH]c1=O. The van der Waals surface area contributed by atoms with E-state index in [9.17, 15) is 9.59 Å². The van der Waals surface area contributed by atoms with E-state index in [1.165, 1.54) is 4.90 Å². The summed E-state index contributed by atoms with van der Waals surface area (Å²) in [6.07, 6.45) is 8.15. The molecule has 0 aliphatic heterocycles. The van der Waals surface area contributed by atoms with Gasteiger partial charge in [-0.3, -0.25) is 9.69 Å². The summed E-state index contributed by atoms with van der Waals surface area (Å²) in [5, 5.41) is 3.92. The van der Waals surface area contributed by atoms with Gasteiger partial charge in [0, 0.05) is 30.2 Å². The van der Waals surface area contributed by atoms with Gasteiger partial charge in [0.2, 0.25) is 0 Å². The first-order chi connectivity index (χ1) is 19.2. The molecule has 40 heavy (non-hydrogen) atoms.